The number of halogens is 4. The second-order valence-corrected chi connectivity index (χ2v) is 4.85. The van der Waals surface area contributed by atoms with Crippen molar-refractivity contribution >= 4 is 23.2 Å². The Morgan fingerprint density at radius 3 is 2.47 bits per heavy atom. The zero-order chi connectivity index (χ0) is 14.6. The average molecular weight is 294 g/mol. The normalized spacial score (nSPS) is 11.7. The number of hydrogen-bond acceptors (Lipinski definition) is 1. The summed E-state index contributed by atoms with van der Waals surface area (Å²) in [5.41, 5.74) is -0.560. The van der Waals surface area contributed by atoms with Gasteiger partial charge in [-0.05, 0) is 24.1 Å². The van der Waals surface area contributed by atoms with Gasteiger partial charge in [-0.2, -0.15) is 13.2 Å². The zero-order valence-electron chi connectivity index (χ0n) is 10.7. The van der Waals surface area contributed by atoms with E-state index in [2.05, 4.69) is 0 Å². The number of nitrogens with zero attached hydrogens (tertiary/aromatic N) is 1. The van der Waals surface area contributed by atoms with Gasteiger partial charge in [0.2, 0.25) is 5.91 Å². The number of rotatable bonds is 4. The van der Waals surface area contributed by atoms with Crippen LogP contribution < -0.4 is 4.90 Å². The molecule has 0 aliphatic carbocycles. The van der Waals surface area contributed by atoms with Crippen LogP contribution in [0.5, 0.6) is 0 Å². The van der Waals surface area contributed by atoms with Crippen LogP contribution in [-0.4, -0.2) is 18.3 Å². The third kappa shape index (κ3) is 4.42. The van der Waals surface area contributed by atoms with Crippen LogP contribution in [0.4, 0.5) is 18.9 Å². The molecule has 0 unspecified atom stereocenters. The molecule has 0 saturated carbocycles. The van der Waals surface area contributed by atoms with Crippen molar-refractivity contribution in [1.82, 2.24) is 0 Å². The van der Waals surface area contributed by atoms with E-state index in [0.29, 0.717) is 6.54 Å². The lowest BCUT2D eigenvalue weighted by molar-refractivity contribution is -0.137. The van der Waals surface area contributed by atoms with E-state index >= 15 is 0 Å². The van der Waals surface area contributed by atoms with Gasteiger partial charge in [-0.1, -0.05) is 19.9 Å². The summed E-state index contributed by atoms with van der Waals surface area (Å²) in [5, 5.41) is 0. The first kappa shape index (κ1) is 15.8. The van der Waals surface area contributed by atoms with Gasteiger partial charge in [-0.25, -0.2) is 0 Å². The lowest BCUT2D eigenvalue weighted by Gasteiger charge is -2.24. The van der Waals surface area contributed by atoms with Crippen LogP contribution in [0.1, 0.15) is 19.4 Å². The molecule has 0 spiro atoms. The summed E-state index contributed by atoms with van der Waals surface area (Å²) in [4.78, 5) is 13.0. The lowest BCUT2D eigenvalue weighted by Crippen LogP contribution is -2.35. The minimum absolute atomic E-state index is 0.127. The van der Waals surface area contributed by atoms with Crippen molar-refractivity contribution in [2.75, 3.05) is 17.3 Å². The van der Waals surface area contributed by atoms with Gasteiger partial charge in [0.15, 0.2) is 0 Å². The van der Waals surface area contributed by atoms with Gasteiger partial charge < -0.3 is 4.90 Å². The lowest BCUT2D eigenvalue weighted by atomic mass is 10.1. The maximum Gasteiger partial charge on any atom is 0.416 e. The summed E-state index contributed by atoms with van der Waals surface area (Å²) < 4.78 is 37.9. The Bertz CT molecular complexity index is 446. The summed E-state index contributed by atoms with van der Waals surface area (Å²) in [6.45, 7) is 4.08. The number of amides is 1. The third-order valence-electron chi connectivity index (χ3n) is 2.45. The van der Waals surface area contributed by atoms with E-state index in [1.165, 1.54) is 17.0 Å². The van der Waals surface area contributed by atoms with Gasteiger partial charge in [-0.15, -0.1) is 11.6 Å². The Balaban J connectivity index is 3.12. The zero-order valence-corrected chi connectivity index (χ0v) is 11.4. The molecular formula is C13H15ClF3NO. The van der Waals surface area contributed by atoms with E-state index in [1.807, 2.05) is 13.8 Å². The van der Waals surface area contributed by atoms with Gasteiger partial charge in [-0.3, -0.25) is 4.79 Å². The molecule has 1 aromatic carbocycles. The molecule has 0 aliphatic heterocycles. The molecule has 0 heterocycles. The molecule has 19 heavy (non-hydrogen) atoms. The monoisotopic (exact) mass is 293 g/mol. The van der Waals surface area contributed by atoms with Crippen LogP contribution >= 0.6 is 11.6 Å². The first-order valence-electron chi connectivity index (χ1n) is 5.79. The van der Waals surface area contributed by atoms with Crippen LogP contribution in [0, 0.1) is 5.92 Å². The van der Waals surface area contributed by atoms with Gasteiger partial charge in [0, 0.05) is 12.2 Å². The van der Waals surface area contributed by atoms with Crippen LogP contribution in [0.25, 0.3) is 0 Å². The van der Waals surface area contributed by atoms with Crippen molar-refractivity contribution in [3.63, 3.8) is 0 Å². The molecule has 2 nitrogen and oxygen atoms in total. The van der Waals surface area contributed by atoms with E-state index in [-0.39, 0.29) is 17.5 Å². The fraction of sp³-hybridized carbons (Fsp3) is 0.462. The van der Waals surface area contributed by atoms with Gasteiger partial charge in [0.1, 0.15) is 5.88 Å². The molecule has 6 heteroatoms. The predicted octanol–water partition coefficient (Wildman–Crippen LogP) is 3.93. The second-order valence-electron chi connectivity index (χ2n) is 4.58. The van der Waals surface area contributed by atoms with Crippen LogP contribution in [0.2, 0.25) is 0 Å². The van der Waals surface area contributed by atoms with Crippen LogP contribution in [-0.2, 0) is 11.0 Å². The Morgan fingerprint density at radius 1 is 1.37 bits per heavy atom. The number of alkyl halides is 4. The smallest absolute Gasteiger partial charge is 0.311 e. The van der Waals surface area contributed by atoms with Crippen molar-refractivity contribution in [3.8, 4) is 0 Å². The van der Waals surface area contributed by atoms with Crippen LogP contribution in [0.15, 0.2) is 24.3 Å². The van der Waals surface area contributed by atoms with Crippen molar-refractivity contribution < 1.29 is 18.0 Å². The molecular weight excluding hydrogens is 279 g/mol. The molecule has 0 saturated heterocycles. The standard InChI is InChI=1S/C13H15ClF3NO/c1-9(2)8-18(12(19)7-14)11-5-3-4-10(6-11)13(15,16)17/h3-6,9H,7-8H2,1-2H3. The maximum absolute atomic E-state index is 12.6. The largest absolute Gasteiger partial charge is 0.416 e. The molecule has 0 N–H and O–H groups in total. The number of anilines is 1. The van der Waals surface area contributed by atoms with E-state index in [1.54, 1.807) is 0 Å². The number of hydrogen-bond donors (Lipinski definition) is 0. The topological polar surface area (TPSA) is 20.3 Å². The number of carbonyl (C=O) groups excluding carboxylic acids is 1. The molecule has 0 aliphatic rings. The minimum atomic E-state index is -4.43. The highest BCUT2D eigenvalue weighted by atomic mass is 35.5. The van der Waals surface area contributed by atoms with E-state index in [4.69, 9.17) is 11.6 Å². The highest BCUT2D eigenvalue weighted by Crippen LogP contribution is 2.31. The number of carbonyl (C=O) groups is 1. The molecule has 1 aromatic rings. The van der Waals surface area contributed by atoms with E-state index < -0.39 is 17.6 Å². The molecule has 1 rings (SSSR count). The SMILES string of the molecule is CC(C)CN(C(=O)CCl)c1cccc(C(F)(F)F)c1. The van der Waals surface area contributed by atoms with E-state index in [0.717, 1.165) is 12.1 Å². The summed E-state index contributed by atoms with van der Waals surface area (Å²) in [6, 6.07) is 4.70. The number of benzene rings is 1. The summed E-state index contributed by atoms with van der Waals surface area (Å²) in [7, 11) is 0. The molecule has 0 radical (unpaired) electrons. The van der Waals surface area contributed by atoms with Crippen molar-refractivity contribution in [3.05, 3.63) is 29.8 Å². The van der Waals surface area contributed by atoms with Gasteiger partial charge in [0.25, 0.3) is 0 Å². The Labute approximate surface area is 115 Å². The second kappa shape index (κ2) is 6.28. The van der Waals surface area contributed by atoms with Gasteiger partial charge in [0.05, 0.1) is 5.56 Å². The van der Waals surface area contributed by atoms with Gasteiger partial charge >= 0.3 is 6.18 Å². The Kier molecular flexibility index (Phi) is 5.23. The highest BCUT2D eigenvalue weighted by Gasteiger charge is 2.31. The van der Waals surface area contributed by atoms with Crippen molar-refractivity contribution in [2.45, 2.75) is 20.0 Å². The predicted molar refractivity (Wildman–Crippen MR) is 69.4 cm³/mol. The first-order valence-corrected chi connectivity index (χ1v) is 6.32. The molecule has 0 fully saturated rings. The molecule has 0 atom stereocenters. The summed E-state index contributed by atoms with van der Waals surface area (Å²) in [6.07, 6.45) is -4.43. The minimum Gasteiger partial charge on any atom is -0.311 e. The fourth-order valence-corrected chi connectivity index (χ4v) is 1.78. The fourth-order valence-electron chi connectivity index (χ4n) is 1.64. The van der Waals surface area contributed by atoms with E-state index in [9.17, 15) is 18.0 Å². The molecule has 0 bridgehead atoms. The van der Waals surface area contributed by atoms with Crippen molar-refractivity contribution in [2.24, 2.45) is 5.92 Å². The molecule has 1 amide bonds. The molecule has 0 aromatic heterocycles. The third-order valence-corrected chi connectivity index (χ3v) is 2.68. The average Bonchev–Trinajstić information content (AvgIpc) is 2.34. The highest BCUT2D eigenvalue weighted by molar-refractivity contribution is 6.29. The molecule has 106 valence electrons. The summed E-state index contributed by atoms with van der Waals surface area (Å²) >= 11 is 5.50. The van der Waals surface area contributed by atoms with Crippen LogP contribution in [0.3, 0.4) is 0 Å². The Morgan fingerprint density at radius 2 is 2.00 bits per heavy atom. The quantitative estimate of drug-likeness (QED) is 0.770. The first-order chi connectivity index (χ1) is 8.75. The summed E-state index contributed by atoms with van der Waals surface area (Å²) in [5.74, 6) is -0.542. The maximum atomic E-state index is 12.6. The Hall–Kier alpha value is -1.23. The van der Waals surface area contributed by atoms with Crippen molar-refractivity contribution in [1.29, 1.82) is 0 Å².